The molecule has 2 heterocycles. The van der Waals surface area contributed by atoms with Gasteiger partial charge in [-0.3, -0.25) is 4.98 Å². The predicted octanol–water partition coefficient (Wildman–Crippen LogP) is 5.78. The topological polar surface area (TPSA) is 55.9 Å². The van der Waals surface area contributed by atoms with E-state index < -0.39 is 0 Å². The van der Waals surface area contributed by atoms with Gasteiger partial charge in [-0.15, -0.1) is 0 Å². The van der Waals surface area contributed by atoms with E-state index in [4.69, 9.17) is 5.73 Å². The lowest BCUT2D eigenvalue weighted by molar-refractivity contribution is 0.336. The molecule has 4 heteroatoms. The second-order valence-electron chi connectivity index (χ2n) is 10.9. The van der Waals surface area contributed by atoms with Gasteiger partial charge in [-0.25, -0.2) is 0 Å². The third-order valence-electron chi connectivity index (χ3n) is 8.95. The van der Waals surface area contributed by atoms with E-state index in [2.05, 4.69) is 57.5 Å². The number of hydrogen-bond donors (Lipinski definition) is 2. The molecule has 0 spiro atoms. The number of nitrogens with one attached hydrogen (secondary N) is 1. The zero-order valence-electron chi connectivity index (χ0n) is 19.7. The van der Waals surface area contributed by atoms with Crippen molar-refractivity contribution >= 4 is 10.9 Å². The zero-order chi connectivity index (χ0) is 22.2. The average Bonchev–Trinajstić information content (AvgIpc) is 3.58. The Morgan fingerprint density at radius 2 is 1.79 bits per heavy atom. The van der Waals surface area contributed by atoms with Gasteiger partial charge in [0.15, 0.2) is 0 Å². The van der Waals surface area contributed by atoms with Crippen LogP contribution in [0.3, 0.4) is 0 Å². The molecule has 4 nitrogen and oxygen atoms in total. The maximum Gasteiger partial charge on any atom is 0.0486 e. The van der Waals surface area contributed by atoms with Gasteiger partial charge in [0.05, 0.1) is 0 Å². The Labute approximate surface area is 198 Å². The number of nitrogens with zero attached hydrogens (tertiary/aromatic N) is 2. The van der Waals surface area contributed by atoms with Crippen LogP contribution in [0, 0.1) is 11.8 Å². The molecule has 3 aromatic rings. The first-order valence-electron chi connectivity index (χ1n) is 13.2. The van der Waals surface area contributed by atoms with E-state index in [0.29, 0.717) is 24.0 Å². The number of benzene rings is 1. The normalized spacial score (nSPS) is 30.2. The third kappa shape index (κ3) is 4.24. The van der Waals surface area contributed by atoms with Crippen LogP contribution in [0.1, 0.15) is 80.9 Å². The molecule has 3 aliphatic rings. The summed E-state index contributed by atoms with van der Waals surface area (Å²) in [4.78, 5) is 4.31. The fourth-order valence-corrected chi connectivity index (χ4v) is 7.19. The Hall–Kier alpha value is -2.17. The van der Waals surface area contributed by atoms with Crippen molar-refractivity contribution in [2.75, 3.05) is 6.54 Å². The van der Waals surface area contributed by atoms with Crippen LogP contribution < -0.4 is 11.1 Å². The van der Waals surface area contributed by atoms with Crippen LogP contribution in [0.25, 0.3) is 10.9 Å². The minimum Gasteiger partial charge on any atom is -0.344 e. The minimum absolute atomic E-state index is 0.385. The van der Waals surface area contributed by atoms with E-state index in [9.17, 15) is 0 Å². The van der Waals surface area contributed by atoms with Gasteiger partial charge in [0.25, 0.3) is 0 Å². The molecular weight excluding hydrogens is 404 g/mol. The predicted molar refractivity (Wildman–Crippen MR) is 135 cm³/mol. The maximum absolute atomic E-state index is 6.12. The Kier molecular flexibility index (Phi) is 5.98. The highest BCUT2D eigenvalue weighted by Gasteiger charge is 2.41. The van der Waals surface area contributed by atoms with Gasteiger partial charge in [0, 0.05) is 53.5 Å². The van der Waals surface area contributed by atoms with Crippen LogP contribution in [-0.4, -0.2) is 28.2 Å². The first-order valence-corrected chi connectivity index (χ1v) is 13.2. The zero-order valence-corrected chi connectivity index (χ0v) is 19.7. The summed E-state index contributed by atoms with van der Waals surface area (Å²) in [5.74, 6) is 2.21. The van der Waals surface area contributed by atoms with Crippen LogP contribution in [-0.2, 0) is 0 Å². The molecule has 0 aliphatic heterocycles. The van der Waals surface area contributed by atoms with Crippen molar-refractivity contribution in [3.63, 3.8) is 0 Å². The molecule has 33 heavy (non-hydrogen) atoms. The molecule has 3 N–H and O–H groups in total. The number of hydrogen-bond acceptors (Lipinski definition) is 3. The van der Waals surface area contributed by atoms with Crippen molar-refractivity contribution in [3.8, 4) is 0 Å². The summed E-state index contributed by atoms with van der Waals surface area (Å²) < 4.78 is 2.67. The lowest BCUT2D eigenvalue weighted by Crippen LogP contribution is -2.38. The first kappa shape index (κ1) is 21.4. The molecule has 0 saturated heterocycles. The van der Waals surface area contributed by atoms with Gasteiger partial charge in [-0.1, -0.05) is 24.6 Å². The number of aromatic nitrogens is 2. The van der Waals surface area contributed by atoms with Gasteiger partial charge in [0.1, 0.15) is 0 Å². The van der Waals surface area contributed by atoms with E-state index in [1.807, 2.05) is 12.4 Å². The Bertz CT molecular complexity index is 1070. The summed E-state index contributed by atoms with van der Waals surface area (Å²) in [5.41, 5.74) is 10.4. The minimum atomic E-state index is 0.385. The standard InChI is InChI=1S/C29H38N4/c30-23-7-9-24(10-8-23)32-16-13-25(21-11-14-31-15-12-21)27-19-33(28-4-2-1-3-26(27)28)29-18-20-5-6-22(29)17-20/h1-4,11-12,14-15,19-20,22-25,29,32H,5-10,13,16-18,30H2/t20-,22-,23?,24?,25?,29?/m1/s1. The highest BCUT2D eigenvalue weighted by Crippen LogP contribution is 2.52. The maximum atomic E-state index is 6.12. The van der Waals surface area contributed by atoms with Crippen LogP contribution >= 0.6 is 0 Å². The molecule has 0 amide bonds. The number of para-hydroxylation sites is 1. The van der Waals surface area contributed by atoms with Crippen molar-refractivity contribution in [2.45, 2.75) is 81.8 Å². The van der Waals surface area contributed by atoms with Crippen molar-refractivity contribution in [1.29, 1.82) is 0 Å². The highest BCUT2D eigenvalue weighted by atomic mass is 15.0. The van der Waals surface area contributed by atoms with E-state index in [-0.39, 0.29) is 0 Å². The van der Waals surface area contributed by atoms with Crippen LogP contribution in [0.5, 0.6) is 0 Å². The van der Waals surface area contributed by atoms with Crippen molar-refractivity contribution in [3.05, 3.63) is 66.1 Å². The summed E-state index contributed by atoms with van der Waals surface area (Å²) >= 11 is 0. The SMILES string of the molecule is NC1CCC(NCCC(c2ccncc2)c2cn(C3C[C@@H]4CC[C@@H]3C4)c3ccccc23)CC1. The number of nitrogens with two attached hydrogens (primary N) is 1. The molecule has 6 rings (SSSR count). The molecular formula is C29H38N4. The smallest absolute Gasteiger partial charge is 0.0486 e. The van der Waals surface area contributed by atoms with E-state index in [1.165, 1.54) is 60.6 Å². The van der Waals surface area contributed by atoms with Gasteiger partial charge >= 0.3 is 0 Å². The summed E-state index contributed by atoms with van der Waals surface area (Å²) in [6.45, 7) is 1.04. The summed E-state index contributed by atoms with van der Waals surface area (Å²) in [6, 6.07) is 15.3. The Morgan fingerprint density at radius 1 is 0.970 bits per heavy atom. The molecule has 1 aromatic carbocycles. The lowest BCUT2D eigenvalue weighted by Gasteiger charge is -2.28. The molecule has 3 fully saturated rings. The molecule has 2 unspecified atom stereocenters. The number of fused-ring (bicyclic) bond motifs is 3. The quantitative estimate of drug-likeness (QED) is 0.488. The molecule has 2 bridgehead atoms. The molecule has 3 saturated carbocycles. The Morgan fingerprint density at radius 3 is 2.55 bits per heavy atom. The second kappa shape index (κ2) is 9.23. The molecule has 2 aromatic heterocycles. The van der Waals surface area contributed by atoms with Crippen LogP contribution in [0.4, 0.5) is 0 Å². The molecule has 0 radical (unpaired) electrons. The highest BCUT2D eigenvalue weighted by molar-refractivity contribution is 5.85. The summed E-state index contributed by atoms with van der Waals surface area (Å²) in [5, 5.41) is 5.30. The molecule has 174 valence electrons. The monoisotopic (exact) mass is 442 g/mol. The third-order valence-corrected chi connectivity index (χ3v) is 8.95. The van der Waals surface area contributed by atoms with Gasteiger partial charge in [0.2, 0.25) is 0 Å². The fourth-order valence-electron chi connectivity index (χ4n) is 7.19. The van der Waals surface area contributed by atoms with E-state index in [0.717, 1.165) is 37.6 Å². The second-order valence-corrected chi connectivity index (χ2v) is 10.9. The summed E-state index contributed by atoms with van der Waals surface area (Å²) in [6.07, 6.45) is 18.0. The molecule has 4 atom stereocenters. The van der Waals surface area contributed by atoms with Gasteiger partial charge < -0.3 is 15.6 Å². The number of pyridine rings is 1. The van der Waals surface area contributed by atoms with Gasteiger partial charge in [-0.05, 0) is 99.1 Å². The van der Waals surface area contributed by atoms with Gasteiger partial charge in [-0.2, -0.15) is 0 Å². The van der Waals surface area contributed by atoms with Crippen molar-refractivity contribution < 1.29 is 0 Å². The van der Waals surface area contributed by atoms with E-state index >= 15 is 0 Å². The first-order chi connectivity index (χ1) is 16.3. The fraction of sp³-hybridized carbons (Fsp3) is 0.552. The largest absolute Gasteiger partial charge is 0.344 e. The average molecular weight is 443 g/mol. The van der Waals surface area contributed by atoms with E-state index in [1.54, 1.807) is 0 Å². The van der Waals surface area contributed by atoms with Crippen molar-refractivity contribution in [2.24, 2.45) is 17.6 Å². The van der Waals surface area contributed by atoms with Crippen molar-refractivity contribution in [1.82, 2.24) is 14.9 Å². The summed E-state index contributed by atoms with van der Waals surface area (Å²) in [7, 11) is 0. The molecule has 3 aliphatic carbocycles. The lowest BCUT2D eigenvalue weighted by atomic mass is 9.88. The van der Waals surface area contributed by atoms with Crippen LogP contribution in [0.2, 0.25) is 0 Å². The number of rotatable bonds is 7. The Balaban J connectivity index is 1.30. The van der Waals surface area contributed by atoms with Crippen LogP contribution in [0.15, 0.2) is 55.0 Å².